The van der Waals surface area contributed by atoms with Gasteiger partial charge in [0.1, 0.15) is 11.3 Å². The summed E-state index contributed by atoms with van der Waals surface area (Å²) in [5.74, 6) is -0.416. The lowest BCUT2D eigenvalue weighted by atomic mass is 10.0. The van der Waals surface area contributed by atoms with Crippen LogP contribution in [0.3, 0.4) is 0 Å². The molecule has 1 aromatic carbocycles. The smallest absolute Gasteiger partial charge is 0.339 e. The van der Waals surface area contributed by atoms with Crippen LogP contribution >= 0.6 is 15.9 Å². The molecule has 1 aliphatic carbocycles. The van der Waals surface area contributed by atoms with E-state index in [-0.39, 0.29) is 5.56 Å². The SMILES string of the molecule is COc1c(C(=O)O)cc(Br)c2c1CCC2. The third-order valence-electron chi connectivity index (χ3n) is 2.73. The highest BCUT2D eigenvalue weighted by Gasteiger charge is 2.24. The van der Waals surface area contributed by atoms with Crippen LogP contribution in [0, 0.1) is 0 Å². The van der Waals surface area contributed by atoms with Crippen molar-refractivity contribution in [3.8, 4) is 5.75 Å². The Hall–Kier alpha value is -1.03. The largest absolute Gasteiger partial charge is 0.496 e. The normalized spacial score (nSPS) is 13.7. The minimum absolute atomic E-state index is 0.241. The summed E-state index contributed by atoms with van der Waals surface area (Å²) in [7, 11) is 1.52. The molecule has 0 fully saturated rings. The molecule has 0 aliphatic heterocycles. The molecule has 0 heterocycles. The van der Waals surface area contributed by atoms with E-state index in [1.165, 1.54) is 12.7 Å². The summed E-state index contributed by atoms with van der Waals surface area (Å²) in [5.41, 5.74) is 2.48. The van der Waals surface area contributed by atoms with E-state index in [1.807, 2.05) is 0 Å². The first-order valence-electron chi connectivity index (χ1n) is 4.76. The summed E-state index contributed by atoms with van der Waals surface area (Å²) in [6.07, 6.45) is 2.96. The van der Waals surface area contributed by atoms with Crippen LogP contribution in [0.4, 0.5) is 0 Å². The minimum Gasteiger partial charge on any atom is -0.496 e. The van der Waals surface area contributed by atoms with Gasteiger partial charge in [-0.3, -0.25) is 0 Å². The topological polar surface area (TPSA) is 46.5 Å². The Morgan fingerprint density at radius 3 is 2.73 bits per heavy atom. The van der Waals surface area contributed by atoms with Gasteiger partial charge < -0.3 is 9.84 Å². The number of rotatable bonds is 2. The predicted molar refractivity (Wildman–Crippen MR) is 59.7 cm³/mol. The van der Waals surface area contributed by atoms with Crippen LogP contribution in [0.2, 0.25) is 0 Å². The van der Waals surface area contributed by atoms with Crippen molar-refractivity contribution in [3.63, 3.8) is 0 Å². The Morgan fingerprint density at radius 1 is 1.47 bits per heavy atom. The van der Waals surface area contributed by atoms with Gasteiger partial charge in [0.05, 0.1) is 7.11 Å². The zero-order chi connectivity index (χ0) is 11.0. The Labute approximate surface area is 96.2 Å². The number of carbonyl (C=O) groups is 1. The molecule has 80 valence electrons. The second-order valence-electron chi connectivity index (χ2n) is 3.56. The van der Waals surface area contributed by atoms with E-state index in [4.69, 9.17) is 9.84 Å². The van der Waals surface area contributed by atoms with Gasteiger partial charge in [-0.05, 0) is 36.5 Å². The molecule has 0 saturated heterocycles. The highest BCUT2D eigenvalue weighted by molar-refractivity contribution is 9.10. The first-order chi connectivity index (χ1) is 7.15. The zero-order valence-electron chi connectivity index (χ0n) is 8.34. The molecule has 1 aliphatic rings. The van der Waals surface area contributed by atoms with E-state index in [0.29, 0.717) is 5.75 Å². The number of benzene rings is 1. The molecule has 0 atom stereocenters. The molecule has 0 radical (unpaired) electrons. The molecule has 15 heavy (non-hydrogen) atoms. The van der Waals surface area contributed by atoms with Crippen molar-refractivity contribution < 1.29 is 14.6 Å². The van der Waals surface area contributed by atoms with E-state index < -0.39 is 5.97 Å². The first kappa shape index (κ1) is 10.5. The van der Waals surface area contributed by atoms with Crippen LogP contribution in [0.15, 0.2) is 10.5 Å². The molecule has 0 saturated carbocycles. The van der Waals surface area contributed by atoms with E-state index in [9.17, 15) is 4.79 Å². The molecular formula is C11H11BrO3. The van der Waals surface area contributed by atoms with Gasteiger partial charge in [-0.1, -0.05) is 15.9 Å². The summed E-state index contributed by atoms with van der Waals surface area (Å²) in [4.78, 5) is 11.0. The number of carboxylic acids is 1. The van der Waals surface area contributed by atoms with Crippen LogP contribution in [0.1, 0.15) is 27.9 Å². The summed E-state index contributed by atoms with van der Waals surface area (Å²) in [6.45, 7) is 0. The van der Waals surface area contributed by atoms with Crippen LogP contribution in [0.5, 0.6) is 5.75 Å². The van der Waals surface area contributed by atoms with Crippen molar-refractivity contribution >= 4 is 21.9 Å². The number of hydrogen-bond acceptors (Lipinski definition) is 2. The number of aromatic carboxylic acids is 1. The van der Waals surface area contributed by atoms with Gasteiger partial charge in [-0.15, -0.1) is 0 Å². The van der Waals surface area contributed by atoms with Crippen molar-refractivity contribution in [2.45, 2.75) is 19.3 Å². The average Bonchev–Trinajstić information content (AvgIpc) is 2.66. The van der Waals surface area contributed by atoms with E-state index in [2.05, 4.69) is 15.9 Å². The third kappa shape index (κ3) is 1.63. The van der Waals surface area contributed by atoms with Crippen LogP contribution in [-0.4, -0.2) is 18.2 Å². The fourth-order valence-electron chi connectivity index (χ4n) is 2.09. The fraction of sp³-hybridized carbons (Fsp3) is 0.364. The molecule has 0 unspecified atom stereocenters. The van der Waals surface area contributed by atoms with E-state index >= 15 is 0 Å². The van der Waals surface area contributed by atoms with Gasteiger partial charge in [0.15, 0.2) is 0 Å². The Kier molecular flexibility index (Phi) is 2.69. The first-order valence-corrected chi connectivity index (χ1v) is 5.56. The molecule has 0 bridgehead atoms. The maximum atomic E-state index is 11.0. The van der Waals surface area contributed by atoms with E-state index in [0.717, 1.165) is 29.3 Å². The van der Waals surface area contributed by atoms with Crippen molar-refractivity contribution in [1.29, 1.82) is 0 Å². The van der Waals surface area contributed by atoms with Crippen LogP contribution < -0.4 is 4.74 Å². The van der Waals surface area contributed by atoms with Gasteiger partial charge in [-0.2, -0.15) is 0 Å². The number of methoxy groups -OCH3 is 1. The summed E-state index contributed by atoms with van der Waals surface area (Å²) >= 11 is 3.41. The zero-order valence-corrected chi connectivity index (χ0v) is 9.93. The van der Waals surface area contributed by atoms with Gasteiger partial charge in [0.25, 0.3) is 0 Å². The van der Waals surface area contributed by atoms with E-state index in [1.54, 1.807) is 6.07 Å². The maximum Gasteiger partial charge on any atom is 0.339 e. The molecule has 0 aromatic heterocycles. The summed E-state index contributed by atoms with van der Waals surface area (Å²) in [6, 6.07) is 1.63. The highest BCUT2D eigenvalue weighted by atomic mass is 79.9. The molecule has 4 heteroatoms. The number of hydrogen-bond donors (Lipinski definition) is 1. The molecule has 0 spiro atoms. The minimum atomic E-state index is -0.942. The van der Waals surface area contributed by atoms with Gasteiger partial charge >= 0.3 is 5.97 Å². The lowest BCUT2D eigenvalue weighted by molar-refractivity contribution is 0.0693. The monoisotopic (exact) mass is 270 g/mol. The summed E-state index contributed by atoms with van der Waals surface area (Å²) < 4.78 is 6.09. The highest BCUT2D eigenvalue weighted by Crippen LogP contribution is 2.38. The quantitative estimate of drug-likeness (QED) is 0.899. The predicted octanol–water partition coefficient (Wildman–Crippen LogP) is 2.64. The number of carboxylic acid groups (broad SMARTS) is 1. The fourth-order valence-corrected chi connectivity index (χ4v) is 2.76. The average molecular weight is 271 g/mol. The second kappa shape index (κ2) is 3.85. The van der Waals surface area contributed by atoms with Gasteiger partial charge in [0.2, 0.25) is 0 Å². The van der Waals surface area contributed by atoms with Crippen molar-refractivity contribution in [2.24, 2.45) is 0 Å². The Bertz CT molecular complexity index is 426. The summed E-state index contributed by atoms with van der Waals surface area (Å²) in [5, 5.41) is 9.05. The van der Waals surface area contributed by atoms with Crippen molar-refractivity contribution in [2.75, 3.05) is 7.11 Å². The van der Waals surface area contributed by atoms with Crippen molar-refractivity contribution in [1.82, 2.24) is 0 Å². The van der Waals surface area contributed by atoms with Crippen LogP contribution in [0.25, 0.3) is 0 Å². The molecule has 3 nitrogen and oxygen atoms in total. The van der Waals surface area contributed by atoms with Gasteiger partial charge in [-0.25, -0.2) is 4.79 Å². The lowest BCUT2D eigenvalue weighted by Crippen LogP contribution is -2.04. The van der Waals surface area contributed by atoms with Crippen LogP contribution in [-0.2, 0) is 12.8 Å². The molecule has 2 rings (SSSR count). The Morgan fingerprint density at radius 2 is 2.13 bits per heavy atom. The third-order valence-corrected chi connectivity index (χ3v) is 3.44. The molecule has 0 amide bonds. The second-order valence-corrected chi connectivity index (χ2v) is 4.41. The molecular weight excluding hydrogens is 260 g/mol. The standard InChI is InChI=1S/C11H11BrO3/c1-15-10-7-4-2-3-6(7)9(12)5-8(10)11(13)14/h5H,2-4H2,1H3,(H,13,14). The lowest BCUT2D eigenvalue weighted by Gasteiger charge is -2.12. The molecule has 1 aromatic rings. The number of halogens is 1. The number of fused-ring (bicyclic) bond motifs is 1. The number of ether oxygens (including phenoxy) is 1. The van der Waals surface area contributed by atoms with Crippen molar-refractivity contribution in [3.05, 3.63) is 27.2 Å². The Balaban J connectivity index is 2.68. The maximum absolute atomic E-state index is 11.0. The van der Waals surface area contributed by atoms with Gasteiger partial charge in [0, 0.05) is 4.47 Å². The molecule has 1 N–H and O–H groups in total.